The van der Waals surface area contributed by atoms with Crippen LogP contribution in [0.3, 0.4) is 0 Å². The first-order chi connectivity index (χ1) is 8.11. The van der Waals surface area contributed by atoms with E-state index in [9.17, 15) is 5.11 Å². The monoisotopic (exact) mass is 244 g/mol. The molecule has 2 aromatic rings. The highest BCUT2D eigenvalue weighted by molar-refractivity contribution is 7.71. The van der Waals surface area contributed by atoms with E-state index in [1.807, 2.05) is 6.07 Å². The highest BCUT2D eigenvalue weighted by atomic mass is 32.1. The van der Waals surface area contributed by atoms with Crippen molar-refractivity contribution >= 4 is 18.0 Å². The molecule has 5 nitrogen and oxygen atoms in total. The molecule has 1 aromatic heterocycles. The van der Waals surface area contributed by atoms with Crippen LogP contribution in [0, 0.1) is 16.1 Å². The summed E-state index contributed by atoms with van der Waals surface area (Å²) in [6.45, 7) is 0. The lowest BCUT2D eigenvalue weighted by Crippen LogP contribution is -2.00. The number of phenols is 1. The van der Waals surface area contributed by atoms with Gasteiger partial charge in [-0.05, 0) is 42.0 Å². The van der Waals surface area contributed by atoms with Gasteiger partial charge in [-0.3, -0.25) is 0 Å². The van der Waals surface area contributed by atoms with Gasteiger partial charge in [0.25, 0.3) is 0 Å². The minimum Gasteiger partial charge on any atom is -0.508 e. The lowest BCUT2D eigenvalue weighted by atomic mass is 10.1. The molecule has 0 saturated carbocycles. The van der Waals surface area contributed by atoms with E-state index in [1.54, 1.807) is 12.1 Å². The summed E-state index contributed by atoms with van der Waals surface area (Å²) in [4.78, 5) is 6.64. The average Bonchev–Trinajstić information content (AvgIpc) is 2.29. The molecule has 0 unspecified atom stereocenters. The molecule has 0 saturated heterocycles. The summed E-state index contributed by atoms with van der Waals surface area (Å²) in [6.07, 6.45) is 0. The SMILES string of the molecule is N#Cc1c(N)nc(=S)[nH]c1-c1ccc(O)cc1. The summed E-state index contributed by atoms with van der Waals surface area (Å²) in [5, 5.41) is 18.2. The van der Waals surface area contributed by atoms with Gasteiger partial charge in [-0.15, -0.1) is 0 Å². The molecule has 84 valence electrons. The zero-order chi connectivity index (χ0) is 12.4. The Morgan fingerprint density at radius 3 is 2.59 bits per heavy atom. The molecule has 0 fully saturated rings. The number of H-pyrrole nitrogens is 1. The van der Waals surface area contributed by atoms with Crippen LogP contribution in [0.5, 0.6) is 5.75 Å². The average molecular weight is 244 g/mol. The van der Waals surface area contributed by atoms with Crippen LogP contribution in [-0.2, 0) is 0 Å². The molecule has 4 N–H and O–H groups in total. The van der Waals surface area contributed by atoms with Crippen LogP contribution in [0.2, 0.25) is 0 Å². The lowest BCUT2D eigenvalue weighted by molar-refractivity contribution is 0.475. The van der Waals surface area contributed by atoms with Crippen LogP contribution in [0.25, 0.3) is 11.3 Å². The first-order valence-electron chi connectivity index (χ1n) is 4.71. The van der Waals surface area contributed by atoms with E-state index < -0.39 is 0 Å². The van der Waals surface area contributed by atoms with Gasteiger partial charge in [-0.25, -0.2) is 4.98 Å². The summed E-state index contributed by atoms with van der Waals surface area (Å²) >= 11 is 4.91. The van der Waals surface area contributed by atoms with Crippen molar-refractivity contribution in [3.63, 3.8) is 0 Å². The smallest absolute Gasteiger partial charge is 0.199 e. The molecule has 0 aliphatic carbocycles. The number of hydrogen-bond donors (Lipinski definition) is 3. The van der Waals surface area contributed by atoms with Gasteiger partial charge in [-0.2, -0.15) is 5.26 Å². The van der Waals surface area contributed by atoms with Crippen LogP contribution in [0.1, 0.15) is 5.56 Å². The fraction of sp³-hybridized carbons (Fsp3) is 0. The summed E-state index contributed by atoms with van der Waals surface area (Å²) in [6, 6.07) is 8.34. The first kappa shape index (κ1) is 11.1. The second-order valence-corrected chi connectivity index (χ2v) is 3.72. The Bertz CT molecular complexity index is 655. The topological polar surface area (TPSA) is 98.7 Å². The number of aromatic nitrogens is 2. The van der Waals surface area contributed by atoms with E-state index in [0.717, 1.165) is 0 Å². The largest absolute Gasteiger partial charge is 0.508 e. The molecule has 0 aliphatic heterocycles. The Morgan fingerprint density at radius 1 is 1.35 bits per heavy atom. The number of nitrogen functional groups attached to an aromatic ring is 1. The molecule has 0 atom stereocenters. The van der Waals surface area contributed by atoms with Crippen molar-refractivity contribution in [1.29, 1.82) is 5.26 Å². The number of nitrogens with zero attached hydrogens (tertiary/aromatic N) is 2. The van der Waals surface area contributed by atoms with Crippen molar-refractivity contribution in [3.05, 3.63) is 34.6 Å². The fourth-order valence-corrected chi connectivity index (χ4v) is 1.65. The third-order valence-corrected chi connectivity index (χ3v) is 2.42. The number of nitriles is 1. The van der Waals surface area contributed by atoms with Crippen molar-refractivity contribution in [2.45, 2.75) is 0 Å². The number of anilines is 1. The van der Waals surface area contributed by atoms with Crippen molar-refractivity contribution in [3.8, 4) is 23.1 Å². The molecule has 1 heterocycles. The van der Waals surface area contributed by atoms with Gasteiger partial charge < -0.3 is 15.8 Å². The maximum atomic E-state index is 9.21. The molecule has 0 spiro atoms. The number of nitrogens with two attached hydrogens (primary N) is 1. The second-order valence-electron chi connectivity index (χ2n) is 3.34. The number of aromatic amines is 1. The van der Waals surface area contributed by atoms with E-state index in [-0.39, 0.29) is 21.9 Å². The zero-order valence-corrected chi connectivity index (χ0v) is 9.45. The highest BCUT2D eigenvalue weighted by Crippen LogP contribution is 2.25. The third kappa shape index (κ3) is 2.09. The number of benzene rings is 1. The van der Waals surface area contributed by atoms with Gasteiger partial charge in [0.05, 0.1) is 5.69 Å². The van der Waals surface area contributed by atoms with E-state index in [1.165, 1.54) is 12.1 Å². The maximum Gasteiger partial charge on any atom is 0.199 e. The third-order valence-electron chi connectivity index (χ3n) is 2.23. The number of phenolic OH excluding ortho intramolecular Hbond substituents is 1. The summed E-state index contributed by atoms with van der Waals surface area (Å²) < 4.78 is 0.213. The van der Waals surface area contributed by atoms with Crippen LogP contribution >= 0.6 is 12.2 Å². The number of hydrogen-bond acceptors (Lipinski definition) is 5. The quantitative estimate of drug-likeness (QED) is 0.666. The fourth-order valence-electron chi connectivity index (χ4n) is 1.45. The first-order valence-corrected chi connectivity index (χ1v) is 5.12. The standard InChI is InChI=1S/C11H8N4OS/c12-5-8-9(14-11(17)15-10(8)13)6-1-3-7(16)4-2-6/h1-4,16H,(H3,13,14,15,17). The molecule has 2 rings (SSSR count). The number of nitrogens with one attached hydrogen (secondary N) is 1. The molecule has 0 aliphatic rings. The summed E-state index contributed by atoms with van der Waals surface area (Å²) in [5.41, 5.74) is 7.08. The number of aromatic hydroxyl groups is 1. The molecule has 6 heteroatoms. The Hall–Kier alpha value is -2.39. The van der Waals surface area contributed by atoms with Gasteiger partial charge in [-0.1, -0.05) is 0 Å². The predicted molar refractivity (Wildman–Crippen MR) is 65.6 cm³/mol. The summed E-state index contributed by atoms with van der Waals surface area (Å²) in [7, 11) is 0. The zero-order valence-electron chi connectivity index (χ0n) is 8.64. The second kappa shape index (κ2) is 4.23. The normalized spacial score (nSPS) is 9.82. The Balaban J connectivity index is 2.71. The van der Waals surface area contributed by atoms with Crippen molar-refractivity contribution < 1.29 is 5.11 Å². The van der Waals surface area contributed by atoms with E-state index in [0.29, 0.717) is 11.3 Å². The van der Waals surface area contributed by atoms with Gasteiger partial charge in [0.15, 0.2) is 4.77 Å². The molecular formula is C11H8N4OS. The summed E-state index contributed by atoms with van der Waals surface area (Å²) in [5.74, 6) is 0.243. The van der Waals surface area contributed by atoms with E-state index in [4.69, 9.17) is 23.2 Å². The van der Waals surface area contributed by atoms with Crippen molar-refractivity contribution in [2.75, 3.05) is 5.73 Å². The van der Waals surface area contributed by atoms with E-state index in [2.05, 4.69) is 9.97 Å². The molecule has 1 aromatic carbocycles. The molecule has 0 radical (unpaired) electrons. The predicted octanol–water partition coefficient (Wildman–Crippen LogP) is 1.97. The Morgan fingerprint density at radius 2 is 2.00 bits per heavy atom. The van der Waals surface area contributed by atoms with Crippen molar-refractivity contribution in [1.82, 2.24) is 9.97 Å². The lowest BCUT2D eigenvalue weighted by Gasteiger charge is -2.06. The van der Waals surface area contributed by atoms with Gasteiger partial charge in [0, 0.05) is 0 Å². The van der Waals surface area contributed by atoms with Gasteiger partial charge >= 0.3 is 0 Å². The molecule has 0 amide bonds. The Kier molecular flexibility index (Phi) is 2.77. The highest BCUT2D eigenvalue weighted by Gasteiger charge is 2.10. The van der Waals surface area contributed by atoms with Gasteiger partial charge in [0.2, 0.25) is 0 Å². The number of rotatable bonds is 1. The Labute approximate surface area is 102 Å². The minimum atomic E-state index is 0.0966. The van der Waals surface area contributed by atoms with Crippen LogP contribution in [0.15, 0.2) is 24.3 Å². The molecule has 17 heavy (non-hydrogen) atoms. The van der Waals surface area contributed by atoms with E-state index >= 15 is 0 Å². The van der Waals surface area contributed by atoms with Crippen LogP contribution < -0.4 is 5.73 Å². The minimum absolute atomic E-state index is 0.0966. The molecule has 0 bridgehead atoms. The van der Waals surface area contributed by atoms with Gasteiger partial charge in [0.1, 0.15) is 23.2 Å². The van der Waals surface area contributed by atoms with Crippen LogP contribution in [0.4, 0.5) is 5.82 Å². The van der Waals surface area contributed by atoms with Crippen LogP contribution in [-0.4, -0.2) is 15.1 Å². The van der Waals surface area contributed by atoms with Crippen molar-refractivity contribution in [2.24, 2.45) is 0 Å². The molecular weight excluding hydrogens is 236 g/mol. The maximum absolute atomic E-state index is 9.21.